The SMILES string of the molecule is O=C(Cc1cnc[nH]c1=O)NC1CCN(C(=O)C2CCCC2)CC1. The van der Waals surface area contributed by atoms with Crippen molar-refractivity contribution >= 4 is 11.8 Å². The summed E-state index contributed by atoms with van der Waals surface area (Å²) in [4.78, 5) is 44.3. The van der Waals surface area contributed by atoms with Gasteiger partial charge in [-0.05, 0) is 25.7 Å². The molecule has 0 spiro atoms. The van der Waals surface area contributed by atoms with Gasteiger partial charge in [0.15, 0.2) is 0 Å². The van der Waals surface area contributed by atoms with Crippen LogP contribution in [0.25, 0.3) is 0 Å². The molecule has 3 rings (SSSR count). The number of amides is 2. The third kappa shape index (κ3) is 4.01. The van der Waals surface area contributed by atoms with Gasteiger partial charge in [-0.25, -0.2) is 4.98 Å². The van der Waals surface area contributed by atoms with Crippen LogP contribution in [0, 0.1) is 5.92 Å². The molecule has 130 valence electrons. The third-order valence-corrected chi connectivity index (χ3v) is 5.02. The average Bonchev–Trinajstić information content (AvgIpc) is 3.11. The van der Waals surface area contributed by atoms with Crippen LogP contribution in [-0.4, -0.2) is 45.8 Å². The van der Waals surface area contributed by atoms with Crippen molar-refractivity contribution in [2.24, 2.45) is 5.92 Å². The van der Waals surface area contributed by atoms with E-state index in [9.17, 15) is 14.4 Å². The van der Waals surface area contributed by atoms with Crippen LogP contribution in [-0.2, 0) is 16.0 Å². The summed E-state index contributed by atoms with van der Waals surface area (Å²) in [7, 11) is 0. The predicted octanol–water partition coefficient (Wildman–Crippen LogP) is 0.610. The molecule has 2 amide bonds. The second kappa shape index (κ2) is 7.59. The van der Waals surface area contributed by atoms with Crippen molar-refractivity contribution in [1.82, 2.24) is 20.2 Å². The Morgan fingerprint density at radius 3 is 2.58 bits per heavy atom. The summed E-state index contributed by atoms with van der Waals surface area (Å²) in [5.74, 6) is 0.335. The molecule has 7 heteroatoms. The maximum Gasteiger partial charge on any atom is 0.254 e. The highest BCUT2D eigenvalue weighted by Gasteiger charge is 2.30. The number of aromatic amines is 1. The van der Waals surface area contributed by atoms with Crippen LogP contribution in [0.15, 0.2) is 17.3 Å². The summed E-state index contributed by atoms with van der Waals surface area (Å²) < 4.78 is 0. The first-order chi connectivity index (χ1) is 11.6. The van der Waals surface area contributed by atoms with Crippen molar-refractivity contribution in [3.63, 3.8) is 0 Å². The highest BCUT2D eigenvalue weighted by Crippen LogP contribution is 2.27. The van der Waals surface area contributed by atoms with Crippen LogP contribution >= 0.6 is 0 Å². The number of hydrogen-bond acceptors (Lipinski definition) is 4. The van der Waals surface area contributed by atoms with Crippen molar-refractivity contribution in [3.05, 3.63) is 28.4 Å². The number of likely N-dealkylation sites (tertiary alicyclic amines) is 1. The zero-order valence-corrected chi connectivity index (χ0v) is 13.8. The second-order valence-electron chi connectivity index (χ2n) is 6.73. The Bertz CT molecular complexity index is 643. The number of piperidine rings is 1. The second-order valence-corrected chi connectivity index (χ2v) is 6.73. The van der Waals surface area contributed by atoms with Crippen molar-refractivity contribution in [2.45, 2.75) is 51.0 Å². The zero-order chi connectivity index (χ0) is 16.9. The number of nitrogens with zero attached hydrogens (tertiary/aromatic N) is 2. The van der Waals surface area contributed by atoms with Crippen LogP contribution in [0.2, 0.25) is 0 Å². The Labute approximate surface area is 140 Å². The lowest BCUT2D eigenvalue weighted by atomic mass is 10.0. The van der Waals surface area contributed by atoms with Gasteiger partial charge in [-0.2, -0.15) is 0 Å². The summed E-state index contributed by atoms with van der Waals surface area (Å²) in [6, 6.07) is 0.0703. The van der Waals surface area contributed by atoms with E-state index in [2.05, 4.69) is 15.3 Å². The van der Waals surface area contributed by atoms with Crippen molar-refractivity contribution in [2.75, 3.05) is 13.1 Å². The Hall–Kier alpha value is -2.18. The first kappa shape index (κ1) is 16.7. The van der Waals surface area contributed by atoms with Gasteiger partial charge in [0, 0.05) is 36.8 Å². The Kier molecular flexibility index (Phi) is 5.27. The molecule has 1 aliphatic heterocycles. The summed E-state index contributed by atoms with van der Waals surface area (Å²) >= 11 is 0. The predicted molar refractivity (Wildman–Crippen MR) is 88.3 cm³/mol. The maximum atomic E-state index is 12.4. The normalized spacial score (nSPS) is 19.4. The fourth-order valence-corrected chi connectivity index (χ4v) is 3.63. The van der Waals surface area contributed by atoms with Gasteiger partial charge in [0.2, 0.25) is 11.8 Å². The molecule has 1 saturated heterocycles. The first-order valence-corrected chi connectivity index (χ1v) is 8.73. The number of rotatable bonds is 4. The molecule has 0 radical (unpaired) electrons. The van der Waals surface area contributed by atoms with Gasteiger partial charge in [0.25, 0.3) is 5.56 Å². The van der Waals surface area contributed by atoms with Crippen LogP contribution in [0.1, 0.15) is 44.1 Å². The molecular formula is C17H24N4O3. The number of carbonyl (C=O) groups is 2. The van der Waals surface area contributed by atoms with E-state index in [1.807, 2.05) is 4.90 Å². The largest absolute Gasteiger partial charge is 0.353 e. The van der Waals surface area contributed by atoms with E-state index in [0.717, 1.165) is 38.5 Å². The molecule has 1 aromatic rings. The monoisotopic (exact) mass is 332 g/mol. The summed E-state index contributed by atoms with van der Waals surface area (Å²) in [6.07, 6.45) is 8.67. The molecule has 1 saturated carbocycles. The molecule has 0 bridgehead atoms. The lowest BCUT2D eigenvalue weighted by Crippen LogP contribution is -2.48. The molecule has 2 heterocycles. The lowest BCUT2D eigenvalue weighted by molar-refractivity contribution is -0.136. The Morgan fingerprint density at radius 2 is 1.92 bits per heavy atom. The summed E-state index contributed by atoms with van der Waals surface area (Å²) in [5, 5.41) is 2.97. The van der Waals surface area contributed by atoms with Gasteiger partial charge in [-0.3, -0.25) is 14.4 Å². The van der Waals surface area contributed by atoms with Gasteiger partial charge in [0.05, 0.1) is 12.7 Å². The molecule has 2 N–H and O–H groups in total. The van der Waals surface area contributed by atoms with Crippen LogP contribution in [0.5, 0.6) is 0 Å². The highest BCUT2D eigenvalue weighted by atomic mass is 16.2. The molecule has 2 aliphatic rings. The van der Waals surface area contributed by atoms with E-state index in [1.165, 1.54) is 12.5 Å². The van der Waals surface area contributed by atoms with Gasteiger partial charge in [-0.15, -0.1) is 0 Å². The Morgan fingerprint density at radius 1 is 1.21 bits per heavy atom. The zero-order valence-electron chi connectivity index (χ0n) is 13.8. The molecule has 1 aromatic heterocycles. The molecule has 0 unspecified atom stereocenters. The topological polar surface area (TPSA) is 95.2 Å². The minimum Gasteiger partial charge on any atom is -0.353 e. The van der Waals surface area contributed by atoms with Gasteiger partial charge in [0.1, 0.15) is 0 Å². The van der Waals surface area contributed by atoms with Crippen molar-refractivity contribution < 1.29 is 9.59 Å². The highest BCUT2D eigenvalue weighted by molar-refractivity contribution is 5.80. The number of carbonyl (C=O) groups excluding carboxylic acids is 2. The van der Waals surface area contributed by atoms with E-state index in [-0.39, 0.29) is 29.8 Å². The third-order valence-electron chi connectivity index (χ3n) is 5.02. The van der Waals surface area contributed by atoms with Gasteiger partial charge >= 0.3 is 0 Å². The fourth-order valence-electron chi connectivity index (χ4n) is 3.63. The molecule has 0 atom stereocenters. The standard InChI is InChI=1S/C17H24N4O3/c22-15(9-13-10-18-11-19-16(13)23)20-14-5-7-21(8-6-14)17(24)12-3-1-2-4-12/h10-12,14H,1-9H2,(H,20,22)(H,18,19,23). The maximum absolute atomic E-state index is 12.4. The summed E-state index contributed by atoms with van der Waals surface area (Å²) in [6.45, 7) is 1.40. The number of hydrogen-bond donors (Lipinski definition) is 2. The lowest BCUT2D eigenvalue weighted by Gasteiger charge is -2.34. The molecule has 7 nitrogen and oxygen atoms in total. The number of H-pyrrole nitrogens is 1. The Balaban J connectivity index is 1.45. The van der Waals surface area contributed by atoms with Crippen LogP contribution < -0.4 is 10.9 Å². The quantitative estimate of drug-likeness (QED) is 0.844. The fraction of sp³-hybridized carbons (Fsp3) is 0.647. The minimum atomic E-state index is -0.280. The van der Waals surface area contributed by atoms with Gasteiger partial charge < -0.3 is 15.2 Å². The molecular weight excluding hydrogens is 308 g/mol. The average molecular weight is 332 g/mol. The molecule has 24 heavy (non-hydrogen) atoms. The number of nitrogens with one attached hydrogen (secondary N) is 2. The van der Waals surface area contributed by atoms with E-state index < -0.39 is 0 Å². The number of aromatic nitrogens is 2. The van der Waals surface area contributed by atoms with E-state index in [4.69, 9.17) is 0 Å². The van der Waals surface area contributed by atoms with E-state index in [1.54, 1.807) is 0 Å². The van der Waals surface area contributed by atoms with E-state index >= 15 is 0 Å². The van der Waals surface area contributed by atoms with Crippen LogP contribution in [0.4, 0.5) is 0 Å². The summed E-state index contributed by atoms with van der Waals surface area (Å²) in [5.41, 5.74) is 0.0842. The smallest absolute Gasteiger partial charge is 0.254 e. The molecule has 0 aromatic carbocycles. The first-order valence-electron chi connectivity index (χ1n) is 8.73. The van der Waals surface area contributed by atoms with Crippen molar-refractivity contribution in [1.29, 1.82) is 0 Å². The van der Waals surface area contributed by atoms with Crippen LogP contribution in [0.3, 0.4) is 0 Å². The van der Waals surface area contributed by atoms with Gasteiger partial charge in [-0.1, -0.05) is 12.8 Å². The molecule has 1 aliphatic carbocycles. The molecule has 2 fully saturated rings. The van der Waals surface area contributed by atoms with Crippen molar-refractivity contribution in [3.8, 4) is 0 Å². The minimum absolute atomic E-state index is 0.0321. The van der Waals surface area contributed by atoms with E-state index in [0.29, 0.717) is 24.6 Å².